The average molecular weight is 560 g/mol. The summed E-state index contributed by atoms with van der Waals surface area (Å²) in [7, 11) is 3.25. The molecule has 5 aromatic heterocycles. The lowest BCUT2D eigenvalue weighted by atomic mass is 10.2. The van der Waals surface area contributed by atoms with Crippen LogP contribution in [0.4, 0.5) is 5.82 Å². The largest absolute Gasteiger partial charge is 0.394 e. The van der Waals surface area contributed by atoms with Gasteiger partial charge in [0, 0.05) is 32.4 Å². The van der Waals surface area contributed by atoms with Gasteiger partial charge in [0.05, 0.1) is 31.7 Å². The minimum absolute atomic E-state index is 0.192. The topological polar surface area (TPSA) is 269 Å². The first-order valence-electron chi connectivity index (χ1n) is 11.6. The molecule has 0 bridgehead atoms. The Labute approximate surface area is 224 Å². The van der Waals surface area contributed by atoms with Crippen molar-refractivity contribution < 1.29 is 19.7 Å². The van der Waals surface area contributed by atoms with E-state index < -0.39 is 29.7 Å². The maximum absolute atomic E-state index is 11.6. The van der Waals surface area contributed by atoms with Gasteiger partial charge in [-0.25, -0.2) is 29.7 Å². The first kappa shape index (κ1) is 29.8. The van der Waals surface area contributed by atoms with E-state index in [1.54, 1.807) is 21.1 Å². The normalized spacial score (nSPS) is 17.8. The van der Waals surface area contributed by atoms with Crippen molar-refractivity contribution in [2.45, 2.75) is 31.8 Å². The predicted molar refractivity (Wildman–Crippen MR) is 141 cm³/mol. The lowest BCUT2D eigenvalue weighted by molar-refractivity contribution is -0.0459. The molecular formula is C22H29N11O7. The van der Waals surface area contributed by atoms with Crippen LogP contribution in [-0.4, -0.2) is 92.7 Å². The Morgan fingerprint density at radius 2 is 1.73 bits per heavy atom. The average Bonchev–Trinajstić information content (AvgIpc) is 3.68. The fourth-order valence-electron chi connectivity index (χ4n) is 3.41. The van der Waals surface area contributed by atoms with Crippen molar-refractivity contribution in [1.29, 1.82) is 0 Å². The zero-order chi connectivity index (χ0) is 29.2. The molecule has 8 N–H and O–H groups in total. The molecule has 18 heteroatoms. The number of ether oxygens (including phenoxy) is 2. The Kier molecular flexibility index (Phi) is 10.3. The van der Waals surface area contributed by atoms with Gasteiger partial charge in [-0.05, 0) is 6.92 Å². The van der Waals surface area contributed by atoms with Gasteiger partial charge in [-0.3, -0.25) is 19.1 Å². The van der Waals surface area contributed by atoms with E-state index in [4.69, 9.17) is 15.6 Å². The van der Waals surface area contributed by atoms with Crippen molar-refractivity contribution >= 4 is 28.1 Å². The zero-order valence-corrected chi connectivity index (χ0v) is 21.7. The quantitative estimate of drug-likeness (QED) is 0.128. The number of hydrogen-bond acceptors (Lipinski definition) is 13. The standard InChI is InChI=1S/C10H14N2O5.C5H5N5.C5H4N4O.C2H6O/c1-5-3-12(10(16)11-9(5)15)8-2-6(14)7(4-13)17-8;6-4-3-5(9-1-7-3)10-2-8-4;10-5-3-4(7-1-6-3)8-2-9-5;1-3-2/h3,6-8,13-14H,2,4H2,1H3,(H,11,15,16);1-2H,(H3,6,7,8,9,10);1-2H,(H2,6,7,8,9,10);1-2H3/t6-,7+,8+;;;/m0.../s1. The molecule has 5 aromatic rings. The number of nitrogen functional groups attached to an aromatic ring is 1. The number of aliphatic hydroxyl groups is 2. The third-order valence-corrected chi connectivity index (χ3v) is 5.31. The molecule has 0 aliphatic carbocycles. The molecule has 1 aliphatic heterocycles. The molecule has 6 heterocycles. The van der Waals surface area contributed by atoms with E-state index in [0.717, 1.165) is 0 Å². The molecule has 0 saturated carbocycles. The van der Waals surface area contributed by atoms with E-state index >= 15 is 0 Å². The van der Waals surface area contributed by atoms with Crippen molar-refractivity contribution in [2.75, 3.05) is 26.6 Å². The number of aliphatic hydroxyl groups excluding tert-OH is 2. The number of rotatable bonds is 2. The summed E-state index contributed by atoms with van der Waals surface area (Å²) < 4.78 is 10.8. The van der Waals surface area contributed by atoms with E-state index in [0.29, 0.717) is 33.7 Å². The highest BCUT2D eigenvalue weighted by Gasteiger charge is 2.34. The van der Waals surface area contributed by atoms with Crippen molar-refractivity contribution in [1.82, 2.24) is 49.4 Å². The van der Waals surface area contributed by atoms with E-state index in [1.807, 2.05) is 0 Å². The number of aryl methyl sites for hydroxylation is 1. The lowest BCUT2D eigenvalue weighted by Crippen LogP contribution is -2.33. The number of fused-ring (bicyclic) bond motifs is 2. The van der Waals surface area contributed by atoms with Crippen LogP contribution < -0.4 is 22.5 Å². The van der Waals surface area contributed by atoms with E-state index in [1.165, 1.54) is 36.1 Å². The van der Waals surface area contributed by atoms with Crippen LogP contribution in [0.2, 0.25) is 0 Å². The van der Waals surface area contributed by atoms with E-state index in [2.05, 4.69) is 49.6 Å². The van der Waals surface area contributed by atoms with Gasteiger partial charge >= 0.3 is 5.69 Å². The number of aromatic amines is 4. The Hall–Kier alpha value is -4.78. The molecule has 3 atom stereocenters. The molecule has 1 saturated heterocycles. The maximum atomic E-state index is 11.6. The second-order valence-corrected chi connectivity index (χ2v) is 8.19. The summed E-state index contributed by atoms with van der Waals surface area (Å²) in [5.74, 6) is 0.409. The Morgan fingerprint density at radius 1 is 1.05 bits per heavy atom. The highest BCUT2D eigenvalue weighted by Crippen LogP contribution is 2.27. The van der Waals surface area contributed by atoms with Crippen LogP contribution in [-0.2, 0) is 9.47 Å². The number of nitrogens with two attached hydrogens (primary N) is 1. The number of methoxy groups -OCH3 is 1. The molecule has 0 spiro atoms. The number of hydrogen-bond donors (Lipinski definition) is 7. The van der Waals surface area contributed by atoms with Gasteiger partial charge in [-0.15, -0.1) is 0 Å². The molecule has 1 fully saturated rings. The molecule has 0 aromatic carbocycles. The van der Waals surface area contributed by atoms with Gasteiger partial charge in [0.2, 0.25) is 0 Å². The van der Waals surface area contributed by atoms with Gasteiger partial charge in [0.15, 0.2) is 22.6 Å². The summed E-state index contributed by atoms with van der Waals surface area (Å²) >= 11 is 0. The summed E-state index contributed by atoms with van der Waals surface area (Å²) in [5.41, 5.74) is 6.80. The van der Waals surface area contributed by atoms with Gasteiger partial charge < -0.3 is 40.4 Å². The molecule has 40 heavy (non-hydrogen) atoms. The highest BCUT2D eigenvalue weighted by atomic mass is 16.5. The third-order valence-electron chi connectivity index (χ3n) is 5.31. The second kappa shape index (κ2) is 13.8. The Bertz CT molecular complexity index is 1690. The Morgan fingerprint density at radius 3 is 2.35 bits per heavy atom. The summed E-state index contributed by atoms with van der Waals surface area (Å²) in [6.45, 7) is 1.26. The highest BCUT2D eigenvalue weighted by molar-refractivity contribution is 5.80. The van der Waals surface area contributed by atoms with Crippen LogP contribution in [0.15, 0.2) is 45.9 Å². The molecule has 6 rings (SSSR count). The molecule has 18 nitrogen and oxygen atoms in total. The van der Waals surface area contributed by atoms with E-state index in [-0.39, 0.29) is 18.6 Å². The van der Waals surface area contributed by atoms with Crippen LogP contribution in [0, 0.1) is 6.92 Å². The summed E-state index contributed by atoms with van der Waals surface area (Å²) in [6, 6.07) is 0. The molecule has 0 radical (unpaired) electrons. The second-order valence-electron chi connectivity index (χ2n) is 8.19. The summed E-state index contributed by atoms with van der Waals surface area (Å²) in [4.78, 5) is 62.9. The molecule has 214 valence electrons. The summed E-state index contributed by atoms with van der Waals surface area (Å²) in [6.07, 6.45) is 5.12. The van der Waals surface area contributed by atoms with Gasteiger partial charge in [-0.1, -0.05) is 0 Å². The SMILES string of the molecule is COC.Cc1cn([C@H]2C[C@H](O)[C@@H](CO)O2)c(=O)[nH]c1=O.Nc1ncnc2[nH]cnc12.O=c1[nH]cnc2nc[nH]c12. The number of nitrogens with one attached hydrogen (secondary N) is 4. The number of H-pyrrole nitrogens is 4. The minimum Gasteiger partial charge on any atom is -0.394 e. The fourth-order valence-corrected chi connectivity index (χ4v) is 3.41. The fraction of sp³-hybridized carbons (Fsp3) is 0.364. The number of nitrogens with zero attached hydrogens (tertiary/aromatic N) is 6. The first-order chi connectivity index (χ1) is 19.2. The smallest absolute Gasteiger partial charge is 0.330 e. The van der Waals surface area contributed by atoms with Gasteiger partial charge in [0.1, 0.15) is 24.2 Å². The van der Waals surface area contributed by atoms with Crippen LogP contribution in [0.5, 0.6) is 0 Å². The van der Waals surface area contributed by atoms with Gasteiger partial charge in [-0.2, -0.15) is 0 Å². The third kappa shape index (κ3) is 7.20. The number of anilines is 1. The van der Waals surface area contributed by atoms with E-state index in [9.17, 15) is 19.5 Å². The molecule has 0 amide bonds. The van der Waals surface area contributed by atoms with Gasteiger partial charge in [0.25, 0.3) is 11.1 Å². The van der Waals surface area contributed by atoms with Crippen LogP contribution in [0.3, 0.4) is 0 Å². The number of aromatic nitrogens is 10. The maximum Gasteiger partial charge on any atom is 0.330 e. The van der Waals surface area contributed by atoms with Crippen LogP contribution in [0.1, 0.15) is 18.2 Å². The molecule has 1 aliphatic rings. The van der Waals surface area contributed by atoms with Crippen LogP contribution >= 0.6 is 0 Å². The zero-order valence-electron chi connectivity index (χ0n) is 21.7. The van der Waals surface area contributed by atoms with Crippen molar-refractivity contribution in [3.05, 3.63) is 68.3 Å². The van der Waals surface area contributed by atoms with Crippen LogP contribution in [0.25, 0.3) is 22.3 Å². The van der Waals surface area contributed by atoms with Crippen molar-refractivity contribution in [3.63, 3.8) is 0 Å². The minimum atomic E-state index is -0.816. The monoisotopic (exact) mass is 559 g/mol. The summed E-state index contributed by atoms with van der Waals surface area (Å²) in [5, 5.41) is 18.5. The van der Waals surface area contributed by atoms with Crippen molar-refractivity contribution in [2.24, 2.45) is 0 Å². The lowest BCUT2D eigenvalue weighted by Gasteiger charge is -2.14. The predicted octanol–water partition coefficient (Wildman–Crippen LogP) is -1.67. The van der Waals surface area contributed by atoms with Crippen molar-refractivity contribution in [3.8, 4) is 0 Å². The number of imidazole rings is 2. The Balaban J connectivity index is 0.000000165. The molecular weight excluding hydrogens is 530 g/mol. The first-order valence-corrected chi connectivity index (χ1v) is 11.6. The molecule has 0 unspecified atom stereocenters.